The number of rotatable bonds is 7. The second kappa shape index (κ2) is 6.35. The molecule has 1 aromatic carbocycles. The van der Waals surface area contributed by atoms with Crippen molar-refractivity contribution >= 4 is 14.6 Å². The second-order valence-corrected chi connectivity index (χ2v) is 10.6. The van der Waals surface area contributed by atoms with Crippen LogP contribution in [0.4, 0.5) is 0 Å². The molecule has 0 atom stereocenters. The second-order valence-electron chi connectivity index (χ2n) is 6.08. The molecule has 0 aliphatic carbocycles. The molecule has 0 saturated heterocycles. The third-order valence-corrected chi connectivity index (χ3v) is 7.45. The Kier molecular flexibility index (Phi) is 5.32. The fraction of sp³-hybridized carbons (Fsp3) is 0.533. The number of hydrogen-bond donors (Lipinski definition) is 1. The van der Waals surface area contributed by atoms with E-state index in [-0.39, 0.29) is 5.04 Å². The molecule has 3 nitrogen and oxygen atoms in total. The van der Waals surface area contributed by atoms with Crippen molar-refractivity contribution in [1.82, 2.24) is 0 Å². The minimum absolute atomic E-state index is 0.00225. The monoisotopic (exact) mass is 280 g/mol. The van der Waals surface area contributed by atoms with Crippen LogP contribution in [-0.2, 0) is 0 Å². The number of carbonyl (C=O) groups is 1. The summed E-state index contributed by atoms with van der Waals surface area (Å²) in [5.74, 6) is 0.781. The van der Waals surface area contributed by atoms with Crippen LogP contribution in [-0.4, -0.2) is 26.0 Å². The highest BCUT2D eigenvalue weighted by molar-refractivity contribution is 6.72. The Morgan fingerprint density at radius 1 is 1.26 bits per heavy atom. The number of carbonyl (C=O) groups excluding carboxylic acids is 1. The summed E-state index contributed by atoms with van der Waals surface area (Å²) in [5, 5.41) is -0.00225. The fourth-order valence-electron chi connectivity index (χ4n) is 1.65. The molecule has 1 N–H and O–H groups in total. The van der Waals surface area contributed by atoms with Gasteiger partial charge in [-0.3, -0.25) is 4.79 Å². The highest BCUT2D eigenvalue weighted by Gasteiger charge is 2.37. The van der Waals surface area contributed by atoms with Gasteiger partial charge in [0, 0.05) is 5.56 Å². The predicted molar refractivity (Wildman–Crippen MR) is 80.3 cm³/mol. The summed E-state index contributed by atoms with van der Waals surface area (Å²) < 4.78 is 5.63. The van der Waals surface area contributed by atoms with Gasteiger partial charge in [-0.05, 0) is 55.2 Å². The van der Waals surface area contributed by atoms with E-state index in [1.807, 2.05) is 13.1 Å². The number of benzene rings is 1. The lowest BCUT2D eigenvalue weighted by atomic mass is 10.1. The molecule has 106 valence electrons. The maximum absolute atomic E-state index is 10.5. The van der Waals surface area contributed by atoms with Crippen LogP contribution in [0, 0.1) is 0 Å². The normalized spacial score (nSPS) is 12.3. The summed E-state index contributed by atoms with van der Waals surface area (Å²) in [7, 11) is -2.12. The number of aldehydes is 1. The molecule has 0 radical (unpaired) electrons. The highest BCUT2D eigenvalue weighted by atomic mass is 28.4. The molecule has 0 saturated carbocycles. The zero-order chi connectivity index (χ0) is 14.5. The van der Waals surface area contributed by atoms with Crippen LogP contribution in [0.1, 0.15) is 37.0 Å². The fourth-order valence-corrected chi connectivity index (χ4v) is 2.44. The summed E-state index contributed by atoms with van der Waals surface area (Å²) >= 11 is 0. The number of ether oxygens (including phenoxy) is 1. The van der Waals surface area contributed by atoms with Gasteiger partial charge < -0.3 is 9.53 Å². The van der Waals surface area contributed by atoms with E-state index in [4.69, 9.17) is 4.74 Å². The minimum atomic E-state index is -2.12. The maximum Gasteiger partial charge on any atom is 0.188 e. The first kappa shape index (κ1) is 15.9. The van der Waals surface area contributed by atoms with Crippen molar-refractivity contribution in [3.8, 4) is 5.75 Å². The Morgan fingerprint density at radius 2 is 1.84 bits per heavy atom. The first-order chi connectivity index (χ1) is 8.76. The average molecular weight is 280 g/mol. The maximum atomic E-state index is 10.5. The zero-order valence-electron chi connectivity index (χ0n) is 12.3. The van der Waals surface area contributed by atoms with E-state index in [9.17, 15) is 9.59 Å². The van der Waals surface area contributed by atoms with Gasteiger partial charge in [-0.1, -0.05) is 13.8 Å². The van der Waals surface area contributed by atoms with Gasteiger partial charge in [0.15, 0.2) is 8.32 Å². The van der Waals surface area contributed by atoms with E-state index >= 15 is 0 Å². The lowest BCUT2D eigenvalue weighted by Crippen LogP contribution is -2.39. The molecule has 19 heavy (non-hydrogen) atoms. The molecule has 0 aliphatic heterocycles. The van der Waals surface area contributed by atoms with Crippen molar-refractivity contribution in [2.24, 2.45) is 0 Å². The van der Waals surface area contributed by atoms with E-state index in [0.29, 0.717) is 12.2 Å². The lowest BCUT2D eigenvalue weighted by Gasteiger charge is -2.35. The third kappa shape index (κ3) is 4.80. The molecule has 1 rings (SSSR count). The van der Waals surface area contributed by atoms with Crippen molar-refractivity contribution in [3.05, 3.63) is 29.8 Å². The molecule has 0 heterocycles. The first-order valence-electron chi connectivity index (χ1n) is 6.67. The molecule has 0 fully saturated rings. The summed E-state index contributed by atoms with van der Waals surface area (Å²) in [5.41, 5.74) is 0.654. The summed E-state index contributed by atoms with van der Waals surface area (Å²) in [6.07, 6.45) is 2.69. The van der Waals surface area contributed by atoms with Crippen molar-refractivity contribution < 1.29 is 14.3 Å². The van der Waals surface area contributed by atoms with Gasteiger partial charge in [0.1, 0.15) is 12.0 Å². The Hall–Kier alpha value is -1.13. The Bertz CT molecular complexity index is 404. The standard InChI is InChI=1S/C15H24O3Si/c1-15(2,19(3,4)17)10-5-11-18-14-8-6-13(12-16)7-9-14/h6-9,12,17H,5,10-11H2,1-4H3. The van der Waals surface area contributed by atoms with Gasteiger partial charge >= 0.3 is 0 Å². The molecule has 0 unspecified atom stereocenters. The van der Waals surface area contributed by atoms with E-state index in [1.54, 1.807) is 24.3 Å². The molecule has 0 aliphatic rings. The Balaban J connectivity index is 2.36. The van der Waals surface area contributed by atoms with Gasteiger partial charge in [0.25, 0.3) is 0 Å². The molecule has 0 spiro atoms. The predicted octanol–water partition coefficient (Wildman–Crippen LogP) is 3.64. The third-order valence-electron chi connectivity index (χ3n) is 3.89. The lowest BCUT2D eigenvalue weighted by molar-refractivity contribution is 0.112. The van der Waals surface area contributed by atoms with Crippen LogP contribution in [0.25, 0.3) is 0 Å². The molecular formula is C15H24O3Si. The van der Waals surface area contributed by atoms with Gasteiger partial charge in [-0.25, -0.2) is 0 Å². The van der Waals surface area contributed by atoms with Crippen molar-refractivity contribution in [2.75, 3.05) is 6.61 Å². The zero-order valence-corrected chi connectivity index (χ0v) is 13.3. The molecular weight excluding hydrogens is 256 g/mol. The molecule has 0 amide bonds. The molecule has 0 bridgehead atoms. The average Bonchev–Trinajstić information content (AvgIpc) is 2.34. The molecule has 1 aromatic rings. The summed E-state index contributed by atoms with van der Waals surface area (Å²) in [6, 6.07) is 7.10. The molecule has 0 aromatic heterocycles. The summed E-state index contributed by atoms with van der Waals surface area (Å²) in [6.45, 7) is 8.84. The van der Waals surface area contributed by atoms with Gasteiger partial charge in [0.2, 0.25) is 0 Å². The van der Waals surface area contributed by atoms with Gasteiger partial charge in [0.05, 0.1) is 6.61 Å². The summed E-state index contributed by atoms with van der Waals surface area (Å²) in [4.78, 5) is 20.7. The topological polar surface area (TPSA) is 46.5 Å². The smallest absolute Gasteiger partial charge is 0.188 e. The van der Waals surface area contributed by atoms with Crippen LogP contribution in [0.5, 0.6) is 5.75 Å². The van der Waals surface area contributed by atoms with Gasteiger partial charge in [-0.2, -0.15) is 0 Å². The van der Waals surface area contributed by atoms with Crippen molar-refractivity contribution in [2.45, 2.75) is 44.8 Å². The van der Waals surface area contributed by atoms with E-state index in [2.05, 4.69) is 13.8 Å². The van der Waals surface area contributed by atoms with Crippen LogP contribution < -0.4 is 4.74 Å². The van der Waals surface area contributed by atoms with Gasteiger partial charge in [-0.15, -0.1) is 0 Å². The quantitative estimate of drug-likeness (QED) is 0.471. The first-order valence-corrected chi connectivity index (χ1v) is 9.61. The Morgan fingerprint density at radius 3 is 2.32 bits per heavy atom. The van der Waals surface area contributed by atoms with Crippen LogP contribution in [0.3, 0.4) is 0 Å². The van der Waals surface area contributed by atoms with Crippen LogP contribution >= 0.6 is 0 Å². The Labute approximate surface area is 116 Å². The minimum Gasteiger partial charge on any atom is -0.494 e. The number of hydrogen-bond acceptors (Lipinski definition) is 3. The molecule has 4 heteroatoms. The largest absolute Gasteiger partial charge is 0.494 e. The van der Waals surface area contributed by atoms with E-state index < -0.39 is 8.32 Å². The van der Waals surface area contributed by atoms with Crippen molar-refractivity contribution in [3.63, 3.8) is 0 Å². The van der Waals surface area contributed by atoms with Crippen LogP contribution in [0.2, 0.25) is 18.1 Å². The van der Waals surface area contributed by atoms with Crippen molar-refractivity contribution in [1.29, 1.82) is 0 Å². The van der Waals surface area contributed by atoms with E-state index in [1.165, 1.54) is 0 Å². The highest BCUT2D eigenvalue weighted by Crippen LogP contribution is 2.39. The van der Waals surface area contributed by atoms with E-state index in [0.717, 1.165) is 24.9 Å². The SMILES string of the molecule is CC(C)(CCCOc1ccc(C=O)cc1)[Si](C)(C)O. The van der Waals surface area contributed by atoms with Crippen LogP contribution in [0.15, 0.2) is 24.3 Å².